The molecular weight excluding hydrogens is 296 g/mol. The minimum Gasteiger partial charge on any atom is -0.392 e. The van der Waals surface area contributed by atoms with E-state index in [1.807, 2.05) is 6.08 Å². The largest absolute Gasteiger partial charge is 0.392 e. The second-order valence-corrected chi connectivity index (χ2v) is 9.33. The number of allylic oxidation sites excluding steroid dienone is 5. The summed E-state index contributed by atoms with van der Waals surface area (Å²) in [6.07, 6.45) is 13.5. The van der Waals surface area contributed by atoms with Crippen molar-refractivity contribution in [3.8, 4) is 0 Å². The molecule has 5 aliphatic carbocycles. The molecule has 5 aliphatic rings. The van der Waals surface area contributed by atoms with E-state index in [-0.39, 0.29) is 22.3 Å². The Bertz CT molecular complexity index is 739. The smallest absolute Gasteiger partial charge is 0.155 e. The quantitative estimate of drug-likeness (QED) is 0.704. The van der Waals surface area contributed by atoms with Crippen LogP contribution in [0.25, 0.3) is 0 Å². The summed E-state index contributed by atoms with van der Waals surface area (Å²) in [6, 6.07) is 0. The predicted octanol–water partition coefficient (Wildman–Crippen LogP) is 4.64. The first kappa shape index (κ1) is 15.1. The highest BCUT2D eigenvalue weighted by Crippen LogP contribution is 2.70. The van der Waals surface area contributed by atoms with E-state index in [1.54, 1.807) is 11.1 Å². The molecule has 0 aromatic carbocycles. The number of aliphatic hydroxyl groups is 1. The van der Waals surface area contributed by atoms with Gasteiger partial charge in [-0.2, -0.15) is 0 Å². The maximum absolute atomic E-state index is 11.9. The number of hydrogen-bond acceptors (Lipinski definition) is 2. The fourth-order valence-electron chi connectivity index (χ4n) is 7.06. The Kier molecular flexibility index (Phi) is 2.85. The van der Waals surface area contributed by atoms with Crippen LogP contribution < -0.4 is 0 Å². The summed E-state index contributed by atoms with van der Waals surface area (Å²) < 4.78 is 0. The van der Waals surface area contributed by atoms with Gasteiger partial charge in [0.2, 0.25) is 0 Å². The highest BCUT2D eigenvalue weighted by molar-refractivity contribution is 5.92. The summed E-state index contributed by atoms with van der Waals surface area (Å²) in [4.78, 5) is 11.9. The third kappa shape index (κ3) is 1.55. The molecule has 0 bridgehead atoms. The molecular formula is C22H28O2. The Morgan fingerprint density at radius 2 is 1.92 bits per heavy atom. The molecule has 0 heterocycles. The molecule has 4 atom stereocenters. The molecule has 0 aliphatic heterocycles. The zero-order valence-corrected chi connectivity index (χ0v) is 15.0. The SMILES string of the molecule is CC12CCC(=O)C=C1CCC1=C2CCC23C1=CC[C@@]2(C)CC[C@@H]3O. The first-order valence-corrected chi connectivity index (χ1v) is 9.76. The van der Waals surface area contributed by atoms with Crippen molar-refractivity contribution in [2.24, 2.45) is 16.2 Å². The lowest BCUT2D eigenvalue weighted by Crippen LogP contribution is -2.45. The molecule has 2 unspecified atom stereocenters. The minimum atomic E-state index is -0.164. The maximum Gasteiger partial charge on any atom is 0.155 e. The van der Waals surface area contributed by atoms with Gasteiger partial charge in [-0.15, -0.1) is 0 Å². The molecule has 5 rings (SSSR count). The molecule has 0 saturated heterocycles. The van der Waals surface area contributed by atoms with Crippen LogP contribution >= 0.6 is 0 Å². The molecule has 2 heteroatoms. The monoisotopic (exact) mass is 324 g/mol. The van der Waals surface area contributed by atoms with Crippen molar-refractivity contribution < 1.29 is 9.90 Å². The van der Waals surface area contributed by atoms with Gasteiger partial charge in [0, 0.05) is 17.3 Å². The van der Waals surface area contributed by atoms with Crippen molar-refractivity contribution in [2.75, 3.05) is 0 Å². The van der Waals surface area contributed by atoms with E-state index in [1.165, 1.54) is 11.1 Å². The van der Waals surface area contributed by atoms with Crippen LogP contribution in [0.5, 0.6) is 0 Å². The number of ketones is 1. The molecule has 1 fully saturated rings. The van der Waals surface area contributed by atoms with E-state index in [2.05, 4.69) is 19.9 Å². The second kappa shape index (κ2) is 4.52. The number of fused-ring (bicyclic) bond motifs is 3. The number of carbonyl (C=O) groups excluding carboxylic acids is 1. The summed E-state index contributed by atoms with van der Waals surface area (Å²) in [5.41, 5.74) is 6.45. The van der Waals surface area contributed by atoms with Crippen molar-refractivity contribution in [2.45, 2.75) is 77.7 Å². The van der Waals surface area contributed by atoms with Crippen LogP contribution in [-0.4, -0.2) is 17.0 Å². The molecule has 1 spiro atoms. The lowest BCUT2D eigenvalue weighted by Gasteiger charge is -2.52. The lowest BCUT2D eigenvalue weighted by atomic mass is 9.52. The number of carbonyl (C=O) groups is 1. The van der Waals surface area contributed by atoms with Gasteiger partial charge in [0.05, 0.1) is 6.10 Å². The average molecular weight is 324 g/mol. The number of hydrogen-bond donors (Lipinski definition) is 1. The third-order valence-electron chi connectivity index (χ3n) is 8.54. The van der Waals surface area contributed by atoms with Gasteiger partial charge >= 0.3 is 0 Å². The number of aliphatic hydroxyl groups excluding tert-OH is 1. The van der Waals surface area contributed by atoms with Crippen LogP contribution in [0.4, 0.5) is 0 Å². The molecule has 24 heavy (non-hydrogen) atoms. The Balaban J connectivity index is 1.66. The summed E-state index contributed by atoms with van der Waals surface area (Å²) in [5, 5.41) is 11.0. The van der Waals surface area contributed by atoms with Crippen molar-refractivity contribution in [1.29, 1.82) is 0 Å². The average Bonchev–Trinajstić information content (AvgIpc) is 2.99. The van der Waals surface area contributed by atoms with Crippen LogP contribution in [0, 0.1) is 16.2 Å². The third-order valence-corrected chi connectivity index (χ3v) is 8.54. The van der Waals surface area contributed by atoms with E-state index in [9.17, 15) is 9.90 Å². The van der Waals surface area contributed by atoms with Crippen molar-refractivity contribution in [3.63, 3.8) is 0 Å². The number of rotatable bonds is 0. The van der Waals surface area contributed by atoms with E-state index in [4.69, 9.17) is 0 Å². The standard InChI is InChI=1S/C22H28O2/c1-20-9-6-18-16-4-3-14-13-15(23)5-11-21(14,2)17(16)7-12-22(18,20)19(24)8-10-20/h6,13,19,24H,3-5,7-12H2,1-2H3/t19-,20-,21?,22?/m0/s1. The fraction of sp³-hybridized carbons (Fsp3) is 0.682. The molecule has 0 amide bonds. The van der Waals surface area contributed by atoms with Gasteiger partial charge < -0.3 is 5.11 Å². The molecule has 2 nitrogen and oxygen atoms in total. The van der Waals surface area contributed by atoms with Gasteiger partial charge in [0.1, 0.15) is 0 Å². The Labute approximate surface area is 144 Å². The van der Waals surface area contributed by atoms with E-state index < -0.39 is 0 Å². The van der Waals surface area contributed by atoms with Crippen molar-refractivity contribution in [3.05, 3.63) is 34.4 Å². The highest BCUT2D eigenvalue weighted by Gasteiger charge is 2.63. The van der Waals surface area contributed by atoms with E-state index in [0.29, 0.717) is 12.2 Å². The van der Waals surface area contributed by atoms with E-state index >= 15 is 0 Å². The lowest BCUT2D eigenvalue weighted by molar-refractivity contribution is -0.115. The summed E-state index contributed by atoms with van der Waals surface area (Å²) in [5.74, 6) is 0.317. The van der Waals surface area contributed by atoms with Gasteiger partial charge in [-0.1, -0.05) is 31.1 Å². The van der Waals surface area contributed by atoms with Crippen LogP contribution in [-0.2, 0) is 4.79 Å². The summed E-state index contributed by atoms with van der Waals surface area (Å²) in [6.45, 7) is 4.78. The Hall–Kier alpha value is -1.15. The molecule has 0 aromatic rings. The molecule has 0 aromatic heterocycles. The first-order valence-electron chi connectivity index (χ1n) is 9.76. The topological polar surface area (TPSA) is 37.3 Å². The van der Waals surface area contributed by atoms with Crippen molar-refractivity contribution in [1.82, 2.24) is 0 Å². The molecule has 0 radical (unpaired) electrons. The Morgan fingerprint density at radius 1 is 1.08 bits per heavy atom. The van der Waals surface area contributed by atoms with Crippen LogP contribution in [0.15, 0.2) is 34.4 Å². The molecule has 128 valence electrons. The van der Waals surface area contributed by atoms with Gasteiger partial charge in [-0.3, -0.25) is 4.79 Å². The fourth-order valence-corrected chi connectivity index (χ4v) is 7.06. The first-order chi connectivity index (χ1) is 11.4. The van der Waals surface area contributed by atoms with Crippen LogP contribution in [0.3, 0.4) is 0 Å². The summed E-state index contributed by atoms with van der Waals surface area (Å²) >= 11 is 0. The van der Waals surface area contributed by atoms with Crippen LogP contribution in [0.2, 0.25) is 0 Å². The maximum atomic E-state index is 11.9. The second-order valence-electron chi connectivity index (χ2n) is 9.33. The van der Waals surface area contributed by atoms with Crippen molar-refractivity contribution >= 4 is 5.78 Å². The predicted molar refractivity (Wildman–Crippen MR) is 94.4 cm³/mol. The highest BCUT2D eigenvalue weighted by atomic mass is 16.3. The van der Waals surface area contributed by atoms with Gasteiger partial charge in [-0.05, 0) is 74.0 Å². The molecule has 1 N–H and O–H groups in total. The van der Waals surface area contributed by atoms with Gasteiger partial charge in [-0.25, -0.2) is 0 Å². The minimum absolute atomic E-state index is 0.0217. The zero-order valence-electron chi connectivity index (χ0n) is 15.0. The van der Waals surface area contributed by atoms with Gasteiger partial charge in [0.15, 0.2) is 5.78 Å². The van der Waals surface area contributed by atoms with Crippen LogP contribution in [0.1, 0.15) is 71.6 Å². The zero-order chi connectivity index (χ0) is 16.7. The summed E-state index contributed by atoms with van der Waals surface area (Å²) in [7, 11) is 0. The van der Waals surface area contributed by atoms with Gasteiger partial charge in [0.25, 0.3) is 0 Å². The Morgan fingerprint density at radius 3 is 2.75 bits per heavy atom. The molecule has 1 saturated carbocycles. The van der Waals surface area contributed by atoms with E-state index in [0.717, 1.165) is 51.4 Å². The normalized spacial score (nSPS) is 46.8.